The standard InChI is InChI=1S/C18H16FN3O2S/c1-11(12-3-7-14(19)8-4-12)20-18(23)17-16(21-22-25-17)13-5-9-15(24-2)10-6-13/h3-11H,1-2H3,(H,20,23)/t11-/m1/s1. The summed E-state index contributed by atoms with van der Waals surface area (Å²) in [4.78, 5) is 13.0. The molecule has 1 aromatic heterocycles. The Labute approximate surface area is 148 Å². The van der Waals surface area contributed by atoms with E-state index in [1.54, 1.807) is 31.4 Å². The van der Waals surface area contributed by atoms with Gasteiger partial charge in [-0.3, -0.25) is 4.79 Å². The number of carbonyl (C=O) groups is 1. The molecule has 0 radical (unpaired) electrons. The van der Waals surface area contributed by atoms with Gasteiger partial charge in [0.15, 0.2) is 0 Å². The van der Waals surface area contributed by atoms with Gasteiger partial charge in [-0.05, 0) is 60.4 Å². The van der Waals surface area contributed by atoms with E-state index in [1.165, 1.54) is 12.1 Å². The summed E-state index contributed by atoms with van der Waals surface area (Å²) in [6.07, 6.45) is 0. The number of carbonyl (C=O) groups excluding carboxylic acids is 1. The van der Waals surface area contributed by atoms with Gasteiger partial charge in [0, 0.05) is 5.56 Å². The van der Waals surface area contributed by atoms with Crippen LogP contribution in [0.2, 0.25) is 0 Å². The van der Waals surface area contributed by atoms with Gasteiger partial charge >= 0.3 is 0 Å². The van der Waals surface area contributed by atoms with E-state index in [-0.39, 0.29) is 17.8 Å². The Kier molecular flexibility index (Phi) is 5.04. The third-order valence-electron chi connectivity index (χ3n) is 3.78. The van der Waals surface area contributed by atoms with E-state index in [4.69, 9.17) is 4.74 Å². The van der Waals surface area contributed by atoms with E-state index in [0.717, 1.165) is 28.4 Å². The topological polar surface area (TPSA) is 64.1 Å². The van der Waals surface area contributed by atoms with Crippen LogP contribution >= 0.6 is 11.5 Å². The molecule has 0 fully saturated rings. The molecule has 2 aromatic carbocycles. The third-order valence-corrected chi connectivity index (χ3v) is 4.50. The average Bonchev–Trinajstić information content (AvgIpc) is 3.12. The van der Waals surface area contributed by atoms with E-state index in [2.05, 4.69) is 14.9 Å². The van der Waals surface area contributed by atoms with Gasteiger partial charge in [0.05, 0.1) is 13.2 Å². The highest BCUT2D eigenvalue weighted by molar-refractivity contribution is 7.08. The zero-order valence-electron chi connectivity index (χ0n) is 13.7. The van der Waals surface area contributed by atoms with Crippen LogP contribution in [0.15, 0.2) is 48.5 Å². The van der Waals surface area contributed by atoms with E-state index in [1.807, 2.05) is 19.1 Å². The molecule has 25 heavy (non-hydrogen) atoms. The summed E-state index contributed by atoms with van der Waals surface area (Å²) < 4.78 is 22.1. The van der Waals surface area contributed by atoms with Crippen molar-refractivity contribution in [2.24, 2.45) is 0 Å². The van der Waals surface area contributed by atoms with Crippen molar-refractivity contribution in [2.75, 3.05) is 7.11 Å². The average molecular weight is 357 g/mol. The number of benzene rings is 2. The first kappa shape index (κ1) is 17.0. The summed E-state index contributed by atoms with van der Waals surface area (Å²) >= 11 is 1.04. The number of rotatable bonds is 5. The number of methoxy groups -OCH3 is 1. The van der Waals surface area contributed by atoms with E-state index < -0.39 is 0 Å². The zero-order chi connectivity index (χ0) is 17.8. The molecule has 0 unspecified atom stereocenters. The number of hydrogen-bond donors (Lipinski definition) is 1. The van der Waals surface area contributed by atoms with Crippen molar-refractivity contribution in [3.63, 3.8) is 0 Å². The Morgan fingerprint density at radius 2 is 1.84 bits per heavy atom. The van der Waals surface area contributed by atoms with Crippen LogP contribution < -0.4 is 10.1 Å². The normalized spacial score (nSPS) is 11.8. The Morgan fingerprint density at radius 3 is 2.48 bits per heavy atom. The highest BCUT2D eigenvalue weighted by Crippen LogP contribution is 2.26. The lowest BCUT2D eigenvalue weighted by Crippen LogP contribution is -2.26. The predicted molar refractivity (Wildman–Crippen MR) is 94.2 cm³/mol. The van der Waals surface area contributed by atoms with Gasteiger partial charge in [-0.15, -0.1) is 5.10 Å². The van der Waals surface area contributed by atoms with Crippen molar-refractivity contribution in [2.45, 2.75) is 13.0 Å². The van der Waals surface area contributed by atoms with Crippen LogP contribution in [-0.4, -0.2) is 22.6 Å². The maximum atomic E-state index is 13.0. The number of halogens is 1. The van der Waals surface area contributed by atoms with Crippen LogP contribution in [-0.2, 0) is 0 Å². The second kappa shape index (κ2) is 7.40. The molecule has 0 aliphatic carbocycles. The van der Waals surface area contributed by atoms with Crippen LogP contribution in [0.25, 0.3) is 11.3 Å². The molecule has 1 atom stereocenters. The number of ether oxygens (including phenoxy) is 1. The highest BCUT2D eigenvalue weighted by atomic mass is 32.1. The fraction of sp³-hybridized carbons (Fsp3) is 0.167. The molecule has 1 N–H and O–H groups in total. The van der Waals surface area contributed by atoms with Crippen LogP contribution in [0.1, 0.15) is 28.2 Å². The number of amides is 1. The van der Waals surface area contributed by atoms with Crippen LogP contribution in [0.4, 0.5) is 4.39 Å². The molecule has 0 bridgehead atoms. The molecule has 0 saturated heterocycles. The molecule has 128 valence electrons. The quantitative estimate of drug-likeness (QED) is 0.753. The van der Waals surface area contributed by atoms with Gasteiger partial charge in [0.1, 0.15) is 22.1 Å². The van der Waals surface area contributed by atoms with Crippen molar-refractivity contribution >= 4 is 17.4 Å². The molecule has 3 aromatic rings. The van der Waals surface area contributed by atoms with Crippen LogP contribution in [0.3, 0.4) is 0 Å². The minimum atomic E-state index is -0.310. The van der Waals surface area contributed by atoms with Crippen molar-refractivity contribution < 1.29 is 13.9 Å². The third kappa shape index (κ3) is 3.83. The van der Waals surface area contributed by atoms with Crippen LogP contribution in [0, 0.1) is 5.82 Å². The largest absolute Gasteiger partial charge is 0.497 e. The first-order chi connectivity index (χ1) is 12.1. The molecular formula is C18H16FN3O2S. The molecule has 0 aliphatic heterocycles. The lowest BCUT2D eigenvalue weighted by Gasteiger charge is -2.14. The van der Waals surface area contributed by atoms with Gasteiger partial charge in [0.2, 0.25) is 0 Å². The Morgan fingerprint density at radius 1 is 1.16 bits per heavy atom. The lowest BCUT2D eigenvalue weighted by atomic mass is 10.1. The monoisotopic (exact) mass is 357 g/mol. The maximum Gasteiger partial charge on any atom is 0.265 e. The van der Waals surface area contributed by atoms with E-state index in [0.29, 0.717) is 10.6 Å². The SMILES string of the molecule is COc1ccc(-c2nnsc2C(=O)N[C@H](C)c2ccc(F)cc2)cc1. The molecule has 0 spiro atoms. The van der Waals surface area contributed by atoms with Gasteiger partial charge in [-0.1, -0.05) is 16.6 Å². The van der Waals surface area contributed by atoms with Gasteiger partial charge in [-0.25, -0.2) is 4.39 Å². The predicted octanol–water partition coefficient (Wildman–Crippen LogP) is 3.84. The van der Waals surface area contributed by atoms with E-state index in [9.17, 15) is 9.18 Å². The molecular weight excluding hydrogens is 341 g/mol. The molecule has 7 heteroatoms. The lowest BCUT2D eigenvalue weighted by molar-refractivity contribution is 0.0944. The highest BCUT2D eigenvalue weighted by Gasteiger charge is 2.20. The van der Waals surface area contributed by atoms with Gasteiger partial charge < -0.3 is 10.1 Å². The Balaban J connectivity index is 1.78. The van der Waals surface area contributed by atoms with Crippen molar-refractivity contribution in [3.8, 4) is 17.0 Å². The summed E-state index contributed by atoms with van der Waals surface area (Å²) in [5, 5.41) is 6.97. The molecule has 0 saturated carbocycles. The summed E-state index contributed by atoms with van der Waals surface area (Å²) in [7, 11) is 1.59. The Bertz CT molecular complexity index is 863. The minimum absolute atomic E-state index is 0.265. The second-order valence-electron chi connectivity index (χ2n) is 5.43. The summed E-state index contributed by atoms with van der Waals surface area (Å²) in [6, 6.07) is 13.0. The first-order valence-corrected chi connectivity index (χ1v) is 8.39. The van der Waals surface area contributed by atoms with Crippen molar-refractivity contribution in [1.29, 1.82) is 0 Å². The van der Waals surface area contributed by atoms with E-state index >= 15 is 0 Å². The number of hydrogen-bond acceptors (Lipinski definition) is 5. The fourth-order valence-corrected chi connectivity index (χ4v) is 2.97. The first-order valence-electron chi connectivity index (χ1n) is 7.61. The summed E-state index contributed by atoms with van der Waals surface area (Å²) in [6.45, 7) is 1.84. The van der Waals surface area contributed by atoms with Gasteiger partial charge in [0.25, 0.3) is 5.91 Å². The van der Waals surface area contributed by atoms with Crippen molar-refractivity contribution in [3.05, 3.63) is 64.8 Å². The molecule has 0 aliphatic rings. The molecule has 5 nitrogen and oxygen atoms in total. The van der Waals surface area contributed by atoms with Crippen molar-refractivity contribution in [1.82, 2.24) is 14.9 Å². The van der Waals surface area contributed by atoms with Crippen LogP contribution in [0.5, 0.6) is 5.75 Å². The summed E-state index contributed by atoms with van der Waals surface area (Å²) in [5.74, 6) is 0.149. The smallest absolute Gasteiger partial charge is 0.265 e. The Hall–Kier alpha value is -2.80. The van der Waals surface area contributed by atoms with Gasteiger partial charge in [-0.2, -0.15) is 0 Å². The molecule has 1 heterocycles. The second-order valence-corrected chi connectivity index (χ2v) is 6.18. The molecule has 1 amide bonds. The number of aromatic nitrogens is 2. The zero-order valence-corrected chi connectivity index (χ0v) is 14.5. The number of nitrogens with zero attached hydrogens (tertiary/aromatic N) is 2. The number of nitrogens with one attached hydrogen (secondary N) is 1. The maximum absolute atomic E-state index is 13.0. The minimum Gasteiger partial charge on any atom is -0.497 e. The summed E-state index contributed by atoms with van der Waals surface area (Å²) in [5.41, 5.74) is 2.13. The molecule has 3 rings (SSSR count). The fourth-order valence-electron chi connectivity index (χ4n) is 2.37.